The van der Waals surface area contributed by atoms with Crippen LogP contribution in [0.4, 0.5) is 5.95 Å². The maximum absolute atomic E-state index is 12.9. The van der Waals surface area contributed by atoms with Gasteiger partial charge in [0.05, 0.1) is 0 Å². The summed E-state index contributed by atoms with van der Waals surface area (Å²) < 4.78 is 0. The summed E-state index contributed by atoms with van der Waals surface area (Å²) in [7, 11) is 1.97. The third-order valence-electron chi connectivity index (χ3n) is 5.18. The van der Waals surface area contributed by atoms with E-state index in [2.05, 4.69) is 46.1 Å². The van der Waals surface area contributed by atoms with E-state index in [1.807, 2.05) is 35.0 Å². The maximum atomic E-state index is 12.9. The van der Waals surface area contributed by atoms with Crippen LogP contribution in [0, 0.1) is 0 Å². The van der Waals surface area contributed by atoms with E-state index in [0.29, 0.717) is 11.6 Å². The molecule has 0 N–H and O–H groups in total. The highest BCUT2D eigenvalue weighted by Crippen LogP contribution is 2.11. The van der Waals surface area contributed by atoms with Gasteiger partial charge in [0.1, 0.15) is 5.69 Å². The highest BCUT2D eigenvalue weighted by atomic mass is 16.2. The molecule has 1 aromatic carbocycles. The van der Waals surface area contributed by atoms with Crippen LogP contribution in [0.1, 0.15) is 35.8 Å². The second-order valence-corrected chi connectivity index (χ2v) is 7.42. The van der Waals surface area contributed by atoms with E-state index in [-0.39, 0.29) is 5.91 Å². The maximum Gasteiger partial charge on any atom is 0.272 e. The summed E-state index contributed by atoms with van der Waals surface area (Å²) in [5.41, 5.74) is 1.69. The van der Waals surface area contributed by atoms with E-state index in [4.69, 9.17) is 0 Å². The van der Waals surface area contributed by atoms with E-state index in [0.717, 1.165) is 52.1 Å². The average Bonchev–Trinajstić information content (AvgIpc) is 2.78. The molecule has 0 radical (unpaired) electrons. The molecule has 0 aliphatic carbocycles. The van der Waals surface area contributed by atoms with Crippen LogP contribution < -0.4 is 4.90 Å². The van der Waals surface area contributed by atoms with Gasteiger partial charge in [-0.05, 0) is 18.1 Å². The Balaban J connectivity index is 1.50. The molecular weight excluding hydrogens is 362 g/mol. The number of hydrogen-bond acceptors (Lipinski definition) is 5. The van der Waals surface area contributed by atoms with Crippen molar-refractivity contribution in [3.05, 3.63) is 59.9 Å². The first-order valence-corrected chi connectivity index (χ1v) is 10.4. The molecule has 3 rings (SSSR count). The number of hydrogen-bond donors (Lipinski definition) is 0. The van der Waals surface area contributed by atoms with Crippen molar-refractivity contribution in [3.63, 3.8) is 0 Å². The van der Waals surface area contributed by atoms with E-state index < -0.39 is 0 Å². The summed E-state index contributed by atoms with van der Waals surface area (Å²) >= 11 is 0. The first kappa shape index (κ1) is 21.0. The van der Waals surface area contributed by atoms with Crippen LogP contribution in [0.5, 0.6) is 0 Å². The number of anilines is 1. The SMILES string of the molecule is CCCCN(C)c1nccc(C(=O)N2CCN(C/C=C/c3ccccc3)CC2)n1. The van der Waals surface area contributed by atoms with Crippen molar-refractivity contribution in [1.29, 1.82) is 0 Å². The number of carbonyl (C=O) groups is 1. The Morgan fingerprint density at radius 3 is 2.62 bits per heavy atom. The van der Waals surface area contributed by atoms with Crippen molar-refractivity contribution in [2.45, 2.75) is 19.8 Å². The van der Waals surface area contributed by atoms with Gasteiger partial charge in [0.25, 0.3) is 5.91 Å². The first-order valence-electron chi connectivity index (χ1n) is 10.4. The number of aromatic nitrogens is 2. The van der Waals surface area contributed by atoms with Gasteiger partial charge in [-0.25, -0.2) is 9.97 Å². The topological polar surface area (TPSA) is 52.6 Å². The molecule has 0 spiro atoms. The molecule has 2 aromatic rings. The molecule has 29 heavy (non-hydrogen) atoms. The number of piperazine rings is 1. The molecule has 6 heteroatoms. The molecule has 0 saturated carbocycles. The third-order valence-corrected chi connectivity index (χ3v) is 5.18. The highest BCUT2D eigenvalue weighted by molar-refractivity contribution is 5.92. The number of nitrogens with zero attached hydrogens (tertiary/aromatic N) is 5. The number of unbranched alkanes of at least 4 members (excludes halogenated alkanes) is 1. The van der Waals surface area contributed by atoms with Crippen molar-refractivity contribution in [3.8, 4) is 0 Å². The monoisotopic (exact) mass is 393 g/mol. The highest BCUT2D eigenvalue weighted by Gasteiger charge is 2.23. The molecule has 1 amide bonds. The summed E-state index contributed by atoms with van der Waals surface area (Å²) in [6, 6.07) is 12.0. The molecule has 1 aliphatic heterocycles. The Bertz CT molecular complexity index is 800. The summed E-state index contributed by atoms with van der Waals surface area (Å²) in [6.45, 7) is 7.15. The molecule has 1 fully saturated rings. The van der Waals surface area contributed by atoms with Crippen LogP contribution in [0.15, 0.2) is 48.7 Å². The van der Waals surface area contributed by atoms with Gasteiger partial charge in [-0.1, -0.05) is 55.8 Å². The van der Waals surface area contributed by atoms with Crippen molar-refractivity contribution in [2.75, 3.05) is 51.2 Å². The molecular formula is C23H31N5O. The zero-order valence-electron chi connectivity index (χ0n) is 17.5. The number of benzene rings is 1. The number of amides is 1. The predicted molar refractivity (Wildman–Crippen MR) is 118 cm³/mol. The predicted octanol–water partition coefficient (Wildman–Crippen LogP) is 3.18. The first-order chi connectivity index (χ1) is 14.2. The average molecular weight is 394 g/mol. The van der Waals surface area contributed by atoms with Gasteiger partial charge < -0.3 is 9.80 Å². The Morgan fingerprint density at radius 1 is 1.14 bits per heavy atom. The van der Waals surface area contributed by atoms with Gasteiger partial charge in [0, 0.05) is 52.5 Å². The Labute approximate surface area is 173 Å². The lowest BCUT2D eigenvalue weighted by Gasteiger charge is -2.34. The van der Waals surface area contributed by atoms with E-state index in [1.165, 1.54) is 5.56 Å². The summed E-state index contributed by atoms with van der Waals surface area (Å²) in [4.78, 5) is 28.0. The Kier molecular flexibility index (Phi) is 7.76. The zero-order valence-corrected chi connectivity index (χ0v) is 17.5. The van der Waals surface area contributed by atoms with Crippen LogP contribution >= 0.6 is 0 Å². The van der Waals surface area contributed by atoms with Gasteiger partial charge in [0.15, 0.2) is 0 Å². The van der Waals surface area contributed by atoms with Crippen LogP contribution in [0.3, 0.4) is 0 Å². The second-order valence-electron chi connectivity index (χ2n) is 7.42. The fourth-order valence-electron chi connectivity index (χ4n) is 3.34. The molecule has 1 aliphatic rings. The molecule has 0 bridgehead atoms. The summed E-state index contributed by atoms with van der Waals surface area (Å²) in [5.74, 6) is 0.617. The zero-order chi connectivity index (χ0) is 20.5. The lowest BCUT2D eigenvalue weighted by atomic mass is 10.2. The van der Waals surface area contributed by atoms with E-state index >= 15 is 0 Å². The Morgan fingerprint density at radius 2 is 1.90 bits per heavy atom. The van der Waals surface area contributed by atoms with Gasteiger partial charge in [-0.3, -0.25) is 9.69 Å². The van der Waals surface area contributed by atoms with Gasteiger partial charge in [-0.15, -0.1) is 0 Å². The third kappa shape index (κ3) is 6.12. The standard InChI is InChI=1S/C23H31N5O/c1-3-4-14-26(2)23-24-13-12-21(25-23)22(29)28-18-16-27(17-19-28)15-8-11-20-9-6-5-7-10-20/h5-13H,3-4,14-19H2,1-2H3/b11-8+. The van der Waals surface area contributed by atoms with Crippen molar-refractivity contribution in [2.24, 2.45) is 0 Å². The molecule has 0 atom stereocenters. The minimum absolute atomic E-state index is 0.00276. The van der Waals surface area contributed by atoms with Crippen LogP contribution in [-0.2, 0) is 0 Å². The molecule has 154 valence electrons. The second kappa shape index (κ2) is 10.7. The normalized spacial score (nSPS) is 15.0. The van der Waals surface area contributed by atoms with Gasteiger partial charge in [0.2, 0.25) is 5.95 Å². The quantitative estimate of drug-likeness (QED) is 0.689. The Hall–Kier alpha value is -2.73. The molecule has 1 saturated heterocycles. The van der Waals surface area contributed by atoms with E-state index in [9.17, 15) is 4.79 Å². The molecule has 2 heterocycles. The van der Waals surface area contributed by atoms with Crippen LogP contribution in [0.2, 0.25) is 0 Å². The largest absolute Gasteiger partial charge is 0.344 e. The fraction of sp³-hybridized carbons (Fsp3) is 0.435. The van der Waals surface area contributed by atoms with E-state index in [1.54, 1.807) is 12.3 Å². The summed E-state index contributed by atoms with van der Waals surface area (Å²) in [5, 5.41) is 0. The van der Waals surface area contributed by atoms with Gasteiger partial charge >= 0.3 is 0 Å². The van der Waals surface area contributed by atoms with Crippen LogP contribution in [0.25, 0.3) is 6.08 Å². The molecule has 6 nitrogen and oxygen atoms in total. The van der Waals surface area contributed by atoms with Crippen molar-refractivity contribution in [1.82, 2.24) is 19.8 Å². The van der Waals surface area contributed by atoms with Gasteiger partial charge in [-0.2, -0.15) is 0 Å². The lowest BCUT2D eigenvalue weighted by molar-refractivity contribution is 0.0644. The van der Waals surface area contributed by atoms with Crippen LogP contribution in [-0.4, -0.2) is 72.0 Å². The molecule has 1 aromatic heterocycles. The molecule has 0 unspecified atom stereocenters. The minimum atomic E-state index is -0.00276. The van der Waals surface area contributed by atoms with Crippen molar-refractivity contribution < 1.29 is 4.79 Å². The lowest BCUT2D eigenvalue weighted by Crippen LogP contribution is -2.48. The minimum Gasteiger partial charge on any atom is -0.344 e. The fourth-order valence-corrected chi connectivity index (χ4v) is 3.34. The smallest absolute Gasteiger partial charge is 0.272 e. The van der Waals surface area contributed by atoms with Crippen molar-refractivity contribution >= 4 is 17.9 Å². The number of rotatable bonds is 8. The number of carbonyl (C=O) groups excluding carboxylic acids is 1. The summed E-state index contributed by atoms with van der Waals surface area (Å²) in [6.07, 6.45) is 8.22.